The Morgan fingerprint density at radius 2 is 2.06 bits per heavy atom. The van der Waals surface area contributed by atoms with Gasteiger partial charge >= 0.3 is 0 Å². The summed E-state index contributed by atoms with van der Waals surface area (Å²) in [4.78, 5) is 2.05. The number of nitrogens with two attached hydrogens (primary N) is 1. The van der Waals surface area contributed by atoms with Gasteiger partial charge in [-0.3, -0.25) is 0 Å². The first-order chi connectivity index (χ1) is 8.59. The molecule has 1 aliphatic carbocycles. The van der Waals surface area contributed by atoms with Gasteiger partial charge < -0.3 is 10.6 Å². The predicted molar refractivity (Wildman–Crippen MR) is 74.2 cm³/mol. The largest absolute Gasteiger partial charge is 0.372 e. The lowest BCUT2D eigenvalue weighted by atomic mass is 10.0. The van der Waals surface area contributed by atoms with Gasteiger partial charge in [0.15, 0.2) is 0 Å². The summed E-state index contributed by atoms with van der Waals surface area (Å²) >= 11 is 0. The van der Waals surface area contributed by atoms with E-state index < -0.39 is 0 Å². The van der Waals surface area contributed by atoms with Gasteiger partial charge in [-0.1, -0.05) is 25.0 Å². The van der Waals surface area contributed by atoms with Crippen LogP contribution in [0.1, 0.15) is 44.2 Å². The van der Waals surface area contributed by atoms with Gasteiger partial charge in [-0.25, -0.2) is 4.39 Å². The van der Waals surface area contributed by atoms with Crippen LogP contribution < -0.4 is 10.6 Å². The molecule has 1 fully saturated rings. The molecule has 0 spiro atoms. The molecule has 2 nitrogen and oxygen atoms in total. The van der Waals surface area contributed by atoms with Crippen molar-refractivity contribution in [2.45, 2.75) is 38.6 Å². The maximum atomic E-state index is 14.0. The first-order valence-corrected chi connectivity index (χ1v) is 6.84. The molecule has 18 heavy (non-hydrogen) atoms. The van der Waals surface area contributed by atoms with Crippen molar-refractivity contribution in [2.24, 2.45) is 11.7 Å². The zero-order valence-corrected chi connectivity index (χ0v) is 11.3. The van der Waals surface area contributed by atoms with E-state index in [2.05, 4.69) is 0 Å². The Balaban J connectivity index is 2.19. The monoisotopic (exact) mass is 250 g/mol. The van der Waals surface area contributed by atoms with Crippen molar-refractivity contribution in [2.75, 3.05) is 18.5 Å². The van der Waals surface area contributed by atoms with Gasteiger partial charge in [-0.05, 0) is 37.3 Å². The molecule has 0 saturated heterocycles. The first-order valence-electron chi connectivity index (χ1n) is 6.84. The third kappa shape index (κ3) is 2.83. The van der Waals surface area contributed by atoms with Gasteiger partial charge in [0.1, 0.15) is 5.82 Å². The van der Waals surface area contributed by atoms with Gasteiger partial charge in [0.2, 0.25) is 0 Å². The van der Waals surface area contributed by atoms with Crippen LogP contribution in [0.5, 0.6) is 0 Å². The molecule has 3 heteroatoms. The van der Waals surface area contributed by atoms with Crippen molar-refractivity contribution in [1.82, 2.24) is 0 Å². The topological polar surface area (TPSA) is 29.3 Å². The summed E-state index contributed by atoms with van der Waals surface area (Å²) in [5.74, 6) is 0.542. The molecule has 1 aliphatic rings. The zero-order valence-electron chi connectivity index (χ0n) is 11.3. The van der Waals surface area contributed by atoms with E-state index in [4.69, 9.17) is 5.73 Å². The second kappa shape index (κ2) is 5.70. The highest BCUT2D eigenvalue weighted by Crippen LogP contribution is 2.31. The summed E-state index contributed by atoms with van der Waals surface area (Å²) in [6.45, 7) is 2.84. The molecule has 0 bridgehead atoms. The van der Waals surface area contributed by atoms with Crippen molar-refractivity contribution in [3.63, 3.8) is 0 Å². The number of benzene rings is 1. The molecule has 0 aromatic heterocycles. The molecule has 1 aromatic carbocycles. The Kier molecular flexibility index (Phi) is 4.23. The van der Waals surface area contributed by atoms with Gasteiger partial charge in [0, 0.05) is 19.6 Å². The minimum atomic E-state index is -0.162. The Hall–Kier alpha value is -1.09. The number of hydrogen-bond acceptors (Lipinski definition) is 2. The van der Waals surface area contributed by atoms with E-state index >= 15 is 0 Å². The van der Waals surface area contributed by atoms with Crippen LogP contribution in [0.4, 0.5) is 10.1 Å². The minimum Gasteiger partial charge on any atom is -0.372 e. The molecule has 1 saturated carbocycles. The van der Waals surface area contributed by atoms with Crippen LogP contribution >= 0.6 is 0 Å². The highest BCUT2D eigenvalue weighted by molar-refractivity contribution is 5.55. The SMILES string of the molecule is CC(N)c1cccc(F)c1N(C)CC1CCCC1. The number of anilines is 1. The van der Waals surface area contributed by atoms with Crippen LogP contribution in [-0.4, -0.2) is 13.6 Å². The van der Waals surface area contributed by atoms with Crippen LogP contribution in [0.15, 0.2) is 18.2 Å². The van der Waals surface area contributed by atoms with Crippen molar-refractivity contribution in [3.8, 4) is 0 Å². The molecule has 1 aromatic rings. The summed E-state index contributed by atoms with van der Waals surface area (Å²) in [5.41, 5.74) is 7.51. The molecular formula is C15H23FN2. The lowest BCUT2D eigenvalue weighted by Crippen LogP contribution is -2.27. The fourth-order valence-electron chi connectivity index (χ4n) is 2.97. The van der Waals surface area contributed by atoms with E-state index in [-0.39, 0.29) is 11.9 Å². The zero-order chi connectivity index (χ0) is 13.1. The molecule has 2 rings (SSSR count). The fourth-order valence-corrected chi connectivity index (χ4v) is 2.97. The second-order valence-corrected chi connectivity index (χ2v) is 5.50. The maximum absolute atomic E-state index is 14.0. The van der Waals surface area contributed by atoms with Crippen LogP contribution in [0.25, 0.3) is 0 Å². The summed E-state index contributed by atoms with van der Waals surface area (Å²) in [6.07, 6.45) is 5.17. The van der Waals surface area contributed by atoms with Gasteiger partial charge in [-0.15, -0.1) is 0 Å². The Bertz CT molecular complexity index is 397. The third-order valence-corrected chi connectivity index (χ3v) is 3.90. The number of halogens is 1. The van der Waals surface area contributed by atoms with E-state index in [0.29, 0.717) is 11.6 Å². The highest BCUT2D eigenvalue weighted by Gasteiger charge is 2.21. The number of para-hydroxylation sites is 1. The minimum absolute atomic E-state index is 0.137. The van der Waals surface area contributed by atoms with Crippen LogP contribution in [0.2, 0.25) is 0 Å². The van der Waals surface area contributed by atoms with Crippen molar-refractivity contribution < 1.29 is 4.39 Å². The van der Waals surface area contributed by atoms with Crippen molar-refractivity contribution in [3.05, 3.63) is 29.6 Å². The number of nitrogens with zero attached hydrogens (tertiary/aromatic N) is 1. The molecular weight excluding hydrogens is 227 g/mol. The van der Waals surface area contributed by atoms with E-state index in [9.17, 15) is 4.39 Å². The molecule has 2 N–H and O–H groups in total. The van der Waals surface area contributed by atoms with E-state index in [1.807, 2.05) is 24.9 Å². The predicted octanol–water partition coefficient (Wildman–Crippen LogP) is 3.47. The molecule has 1 atom stereocenters. The van der Waals surface area contributed by atoms with Crippen LogP contribution in [-0.2, 0) is 0 Å². The summed E-state index contributed by atoms with van der Waals surface area (Å²) in [7, 11) is 1.97. The third-order valence-electron chi connectivity index (χ3n) is 3.90. The van der Waals surface area contributed by atoms with Crippen molar-refractivity contribution in [1.29, 1.82) is 0 Å². The Morgan fingerprint density at radius 3 is 2.67 bits per heavy atom. The lowest BCUT2D eigenvalue weighted by Gasteiger charge is -2.27. The van der Waals surface area contributed by atoms with Gasteiger partial charge in [0.05, 0.1) is 5.69 Å². The molecule has 0 aliphatic heterocycles. The van der Waals surface area contributed by atoms with E-state index in [1.165, 1.54) is 31.7 Å². The van der Waals surface area contributed by atoms with Crippen LogP contribution in [0, 0.1) is 11.7 Å². The lowest BCUT2D eigenvalue weighted by molar-refractivity contribution is 0.536. The van der Waals surface area contributed by atoms with E-state index in [1.54, 1.807) is 6.07 Å². The normalized spacial score (nSPS) is 18.0. The van der Waals surface area contributed by atoms with Gasteiger partial charge in [0.25, 0.3) is 0 Å². The average molecular weight is 250 g/mol. The molecule has 0 heterocycles. The molecule has 100 valence electrons. The Morgan fingerprint density at radius 1 is 1.39 bits per heavy atom. The summed E-state index contributed by atoms with van der Waals surface area (Å²) in [6, 6.07) is 5.04. The molecule has 0 radical (unpaired) electrons. The quantitative estimate of drug-likeness (QED) is 0.886. The smallest absolute Gasteiger partial charge is 0.146 e. The average Bonchev–Trinajstić information content (AvgIpc) is 2.81. The highest BCUT2D eigenvalue weighted by atomic mass is 19.1. The first kappa shape index (κ1) is 13.3. The van der Waals surface area contributed by atoms with E-state index in [0.717, 1.165) is 12.1 Å². The van der Waals surface area contributed by atoms with Crippen molar-refractivity contribution >= 4 is 5.69 Å². The molecule has 1 unspecified atom stereocenters. The fraction of sp³-hybridized carbons (Fsp3) is 0.600. The van der Waals surface area contributed by atoms with Crippen LogP contribution in [0.3, 0.4) is 0 Å². The van der Waals surface area contributed by atoms with Gasteiger partial charge in [-0.2, -0.15) is 0 Å². The summed E-state index contributed by atoms with van der Waals surface area (Å²) < 4.78 is 14.0. The molecule has 0 amide bonds. The maximum Gasteiger partial charge on any atom is 0.146 e. The standard InChI is InChI=1S/C15H23FN2/c1-11(17)13-8-5-9-14(16)15(13)18(2)10-12-6-3-4-7-12/h5,8-9,11-12H,3-4,6-7,10,17H2,1-2H3. The number of rotatable bonds is 4. The summed E-state index contributed by atoms with van der Waals surface area (Å²) in [5, 5.41) is 0. The Labute approximate surface area is 109 Å². The number of hydrogen-bond donors (Lipinski definition) is 1. The second-order valence-electron chi connectivity index (χ2n) is 5.50.